The highest BCUT2D eigenvalue weighted by Crippen LogP contribution is 2.19. The van der Waals surface area contributed by atoms with Crippen LogP contribution in [0.2, 0.25) is 0 Å². The number of sulfonamides is 1. The summed E-state index contributed by atoms with van der Waals surface area (Å²) in [4.78, 5) is -0.482. The summed E-state index contributed by atoms with van der Waals surface area (Å²) in [6, 6.07) is 4.36. The van der Waals surface area contributed by atoms with Gasteiger partial charge in [0, 0.05) is 4.47 Å². The van der Waals surface area contributed by atoms with Gasteiger partial charge < -0.3 is 0 Å². The molecule has 0 saturated carbocycles. The molecule has 1 N–H and O–H groups in total. The van der Waals surface area contributed by atoms with Crippen LogP contribution in [0.4, 0.5) is 4.39 Å². The molecule has 1 aromatic carbocycles. The van der Waals surface area contributed by atoms with Gasteiger partial charge in [-0.05, 0) is 25.1 Å². The van der Waals surface area contributed by atoms with Crippen molar-refractivity contribution in [1.29, 1.82) is 5.26 Å². The predicted molar refractivity (Wildman–Crippen MR) is 59.5 cm³/mol. The number of nitrogens with zero attached hydrogens (tertiary/aromatic N) is 1. The van der Waals surface area contributed by atoms with Crippen LogP contribution in [0, 0.1) is 17.1 Å². The second kappa shape index (κ2) is 4.91. The highest BCUT2D eigenvalue weighted by atomic mass is 79.9. The number of benzene rings is 1. The Balaban J connectivity index is 3.18. The van der Waals surface area contributed by atoms with Gasteiger partial charge in [0.05, 0.1) is 6.07 Å². The van der Waals surface area contributed by atoms with Gasteiger partial charge in [0.25, 0.3) is 0 Å². The minimum absolute atomic E-state index is 0.443. The van der Waals surface area contributed by atoms with Crippen molar-refractivity contribution >= 4 is 26.0 Å². The van der Waals surface area contributed by atoms with Gasteiger partial charge in [0.1, 0.15) is 16.8 Å². The molecule has 0 aliphatic rings. The van der Waals surface area contributed by atoms with E-state index in [-0.39, 0.29) is 0 Å². The Hall–Kier alpha value is -0.970. The molecule has 0 amide bonds. The molecule has 1 atom stereocenters. The predicted octanol–water partition coefficient (Wildman–Crippen LogP) is 1.78. The summed E-state index contributed by atoms with van der Waals surface area (Å²) in [7, 11) is -4.00. The van der Waals surface area contributed by atoms with Gasteiger partial charge in [-0.25, -0.2) is 12.8 Å². The van der Waals surface area contributed by atoms with E-state index in [1.54, 1.807) is 6.07 Å². The minimum atomic E-state index is -4.00. The minimum Gasteiger partial charge on any atom is -0.207 e. The van der Waals surface area contributed by atoms with E-state index in [9.17, 15) is 12.8 Å². The van der Waals surface area contributed by atoms with Crippen molar-refractivity contribution in [1.82, 2.24) is 4.72 Å². The molecule has 0 aliphatic heterocycles. The third-order valence-corrected chi connectivity index (χ3v) is 3.76. The molecule has 1 unspecified atom stereocenters. The fourth-order valence-corrected chi connectivity index (χ4v) is 2.77. The number of halogens is 2. The van der Waals surface area contributed by atoms with Crippen LogP contribution in [0.1, 0.15) is 6.92 Å². The Kier molecular flexibility index (Phi) is 4.02. The van der Waals surface area contributed by atoms with Crippen LogP contribution in [0.15, 0.2) is 27.6 Å². The lowest BCUT2D eigenvalue weighted by Crippen LogP contribution is -2.32. The molecular weight excluding hydrogens is 299 g/mol. The van der Waals surface area contributed by atoms with Crippen molar-refractivity contribution in [2.45, 2.75) is 17.9 Å². The molecule has 0 aromatic heterocycles. The van der Waals surface area contributed by atoms with Gasteiger partial charge in [0.2, 0.25) is 10.0 Å². The lowest BCUT2D eigenvalue weighted by atomic mass is 10.3. The standard InChI is InChI=1S/C9H8BrFN2O2S/c1-6(5-12)13-16(14,15)9-4-7(10)2-3-8(9)11/h2-4,6,13H,1H3. The maximum absolute atomic E-state index is 13.3. The molecule has 16 heavy (non-hydrogen) atoms. The average molecular weight is 307 g/mol. The summed E-state index contributed by atoms with van der Waals surface area (Å²) in [5.41, 5.74) is 0. The molecule has 7 heteroatoms. The fourth-order valence-electron chi connectivity index (χ4n) is 1.01. The second-order valence-corrected chi connectivity index (χ2v) is 5.64. The van der Waals surface area contributed by atoms with Gasteiger partial charge >= 0.3 is 0 Å². The van der Waals surface area contributed by atoms with Crippen molar-refractivity contribution in [2.24, 2.45) is 0 Å². The molecule has 86 valence electrons. The molecule has 4 nitrogen and oxygen atoms in total. The van der Waals surface area contributed by atoms with E-state index in [2.05, 4.69) is 15.9 Å². The lowest BCUT2D eigenvalue weighted by Gasteiger charge is -2.08. The summed E-state index contributed by atoms with van der Waals surface area (Å²) in [6.45, 7) is 1.37. The topological polar surface area (TPSA) is 70.0 Å². The van der Waals surface area contributed by atoms with E-state index in [1.807, 2.05) is 4.72 Å². The normalized spacial score (nSPS) is 13.1. The first-order chi connectivity index (χ1) is 7.36. The van der Waals surface area contributed by atoms with Gasteiger partial charge in [-0.15, -0.1) is 0 Å². The van der Waals surface area contributed by atoms with E-state index in [4.69, 9.17) is 5.26 Å². The highest BCUT2D eigenvalue weighted by Gasteiger charge is 2.21. The molecule has 0 radical (unpaired) electrons. The van der Waals surface area contributed by atoms with Gasteiger partial charge in [-0.3, -0.25) is 0 Å². The summed E-state index contributed by atoms with van der Waals surface area (Å²) >= 11 is 3.05. The second-order valence-electron chi connectivity index (χ2n) is 3.05. The SMILES string of the molecule is CC(C#N)NS(=O)(=O)c1cc(Br)ccc1F. The van der Waals surface area contributed by atoms with Crippen LogP contribution in [0.5, 0.6) is 0 Å². The molecule has 1 aromatic rings. The molecule has 0 heterocycles. The molecule has 0 fully saturated rings. The number of nitriles is 1. The molecule has 1 rings (SSSR count). The maximum atomic E-state index is 13.3. The Labute approximate surface area is 101 Å². The zero-order chi connectivity index (χ0) is 12.3. The van der Waals surface area contributed by atoms with Crippen LogP contribution in [-0.2, 0) is 10.0 Å². The Morgan fingerprint density at radius 2 is 2.19 bits per heavy atom. The summed E-state index contributed by atoms with van der Waals surface area (Å²) in [5, 5.41) is 8.49. The van der Waals surface area contributed by atoms with E-state index < -0.39 is 26.8 Å². The van der Waals surface area contributed by atoms with Gasteiger partial charge in [-0.2, -0.15) is 9.98 Å². The first kappa shape index (κ1) is 13.1. The van der Waals surface area contributed by atoms with Crippen molar-refractivity contribution in [2.75, 3.05) is 0 Å². The Morgan fingerprint density at radius 1 is 1.56 bits per heavy atom. The van der Waals surface area contributed by atoms with E-state index in [0.717, 1.165) is 12.1 Å². The molecule has 0 bridgehead atoms. The number of hydrogen-bond donors (Lipinski definition) is 1. The summed E-state index contributed by atoms with van der Waals surface area (Å²) in [5.74, 6) is -0.860. The lowest BCUT2D eigenvalue weighted by molar-refractivity contribution is 0.553. The van der Waals surface area contributed by atoms with Crippen LogP contribution in [0.3, 0.4) is 0 Å². The Bertz CT molecular complexity index is 539. The largest absolute Gasteiger partial charge is 0.244 e. The van der Waals surface area contributed by atoms with Crippen molar-refractivity contribution < 1.29 is 12.8 Å². The smallest absolute Gasteiger partial charge is 0.207 e. The maximum Gasteiger partial charge on any atom is 0.244 e. The molecule has 0 spiro atoms. The van der Waals surface area contributed by atoms with Crippen molar-refractivity contribution in [3.05, 3.63) is 28.5 Å². The van der Waals surface area contributed by atoms with Crippen LogP contribution in [0.25, 0.3) is 0 Å². The Morgan fingerprint density at radius 3 is 2.75 bits per heavy atom. The third kappa shape index (κ3) is 3.01. The first-order valence-corrected chi connectivity index (χ1v) is 6.51. The van der Waals surface area contributed by atoms with Crippen LogP contribution < -0.4 is 4.72 Å². The van der Waals surface area contributed by atoms with Crippen LogP contribution >= 0.6 is 15.9 Å². The monoisotopic (exact) mass is 306 g/mol. The summed E-state index contributed by atoms with van der Waals surface area (Å²) in [6.07, 6.45) is 0. The van der Waals surface area contributed by atoms with Crippen LogP contribution in [-0.4, -0.2) is 14.5 Å². The van der Waals surface area contributed by atoms with E-state index in [1.165, 1.54) is 13.0 Å². The number of nitrogens with one attached hydrogen (secondary N) is 1. The average Bonchev–Trinajstić information content (AvgIpc) is 2.20. The van der Waals surface area contributed by atoms with Gasteiger partial charge in [0.15, 0.2) is 0 Å². The zero-order valence-corrected chi connectivity index (χ0v) is 10.6. The summed E-state index contributed by atoms with van der Waals surface area (Å²) < 4.78 is 39.1. The zero-order valence-electron chi connectivity index (χ0n) is 8.24. The van der Waals surface area contributed by atoms with Gasteiger partial charge in [-0.1, -0.05) is 15.9 Å². The first-order valence-electron chi connectivity index (χ1n) is 4.24. The van der Waals surface area contributed by atoms with Crippen molar-refractivity contribution in [3.8, 4) is 6.07 Å². The molecule has 0 aliphatic carbocycles. The molecular formula is C9H8BrFN2O2S. The molecule has 0 saturated heterocycles. The fraction of sp³-hybridized carbons (Fsp3) is 0.222. The van der Waals surface area contributed by atoms with E-state index in [0.29, 0.717) is 4.47 Å². The highest BCUT2D eigenvalue weighted by molar-refractivity contribution is 9.10. The van der Waals surface area contributed by atoms with E-state index >= 15 is 0 Å². The number of hydrogen-bond acceptors (Lipinski definition) is 3. The number of rotatable bonds is 3. The quantitative estimate of drug-likeness (QED) is 0.925. The van der Waals surface area contributed by atoms with Crippen molar-refractivity contribution in [3.63, 3.8) is 0 Å². The third-order valence-electron chi connectivity index (χ3n) is 1.71.